The van der Waals surface area contributed by atoms with Gasteiger partial charge in [-0.1, -0.05) is 33.1 Å². The second-order valence-corrected chi connectivity index (χ2v) is 4.90. The van der Waals surface area contributed by atoms with Crippen LogP contribution in [0.1, 0.15) is 52.9 Å². The summed E-state index contributed by atoms with van der Waals surface area (Å²) in [4.78, 5) is 0. The van der Waals surface area contributed by atoms with E-state index in [1.54, 1.807) is 0 Å². The van der Waals surface area contributed by atoms with Crippen molar-refractivity contribution in [2.45, 2.75) is 65.1 Å². The second kappa shape index (κ2) is 7.24. The first-order chi connectivity index (χ1) is 7.22. The summed E-state index contributed by atoms with van der Waals surface area (Å²) in [6.45, 7) is 8.17. The molecule has 2 unspecified atom stereocenters. The van der Waals surface area contributed by atoms with Crippen LogP contribution in [0.15, 0.2) is 0 Å². The molecule has 0 amide bonds. The van der Waals surface area contributed by atoms with E-state index in [1.807, 2.05) is 0 Å². The molecule has 0 aliphatic heterocycles. The standard InChI is InChI=1S/C13H26O2/c1-4-11(2)9-14-10-12(3)15-13-7-5-6-8-13/h11-13H,4-10H2,1-3H3. The lowest BCUT2D eigenvalue weighted by molar-refractivity contribution is -0.0499. The van der Waals surface area contributed by atoms with Gasteiger partial charge in [-0.25, -0.2) is 0 Å². The first-order valence-electron chi connectivity index (χ1n) is 6.45. The third-order valence-electron chi connectivity index (χ3n) is 3.18. The highest BCUT2D eigenvalue weighted by Gasteiger charge is 2.18. The molecule has 2 atom stereocenters. The zero-order valence-electron chi connectivity index (χ0n) is 10.5. The molecule has 90 valence electrons. The Balaban J connectivity index is 2.00. The predicted octanol–water partition coefficient (Wildman–Crippen LogP) is 3.40. The van der Waals surface area contributed by atoms with Crippen molar-refractivity contribution >= 4 is 0 Å². The van der Waals surface area contributed by atoms with Crippen molar-refractivity contribution in [2.24, 2.45) is 5.92 Å². The average Bonchev–Trinajstić information content (AvgIpc) is 2.70. The average molecular weight is 214 g/mol. The molecule has 0 aromatic heterocycles. The summed E-state index contributed by atoms with van der Waals surface area (Å²) in [5, 5.41) is 0. The molecule has 15 heavy (non-hydrogen) atoms. The Morgan fingerprint density at radius 3 is 2.40 bits per heavy atom. The molecule has 1 aliphatic rings. The van der Waals surface area contributed by atoms with Crippen molar-refractivity contribution in [3.05, 3.63) is 0 Å². The van der Waals surface area contributed by atoms with E-state index in [1.165, 1.54) is 32.1 Å². The summed E-state index contributed by atoms with van der Waals surface area (Å²) in [5.74, 6) is 0.670. The number of ether oxygens (including phenoxy) is 2. The van der Waals surface area contributed by atoms with Crippen LogP contribution < -0.4 is 0 Å². The lowest BCUT2D eigenvalue weighted by Crippen LogP contribution is -2.23. The van der Waals surface area contributed by atoms with Crippen LogP contribution in [0.25, 0.3) is 0 Å². The molecule has 0 saturated heterocycles. The fourth-order valence-electron chi connectivity index (χ4n) is 1.95. The topological polar surface area (TPSA) is 18.5 Å². The number of hydrogen-bond acceptors (Lipinski definition) is 2. The molecule has 1 saturated carbocycles. The van der Waals surface area contributed by atoms with Crippen molar-refractivity contribution in [3.63, 3.8) is 0 Å². The van der Waals surface area contributed by atoms with Gasteiger partial charge in [0.2, 0.25) is 0 Å². The highest BCUT2D eigenvalue weighted by atomic mass is 16.5. The maximum Gasteiger partial charge on any atom is 0.0784 e. The van der Waals surface area contributed by atoms with E-state index in [-0.39, 0.29) is 6.10 Å². The van der Waals surface area contributed by atoms with Gasteiger partial charge >= 0.3 is 0 Å². The highest BCUT2D eigenvalue weighted by molar-refractivity contribution is 4.68. The van der Waals surface area contributed by atoms with E-state index in [2.05, 4.69) is 20.8 Å². The Kier molecular flexibility index (Phi) is 6.26. The van der Waals surface area contributed by atoms with Crippen LogP contribution in [0.5, 0.6) is 0 Å². The molecule has 0 N–H and O–H groups in total. The van der Waals surface area contributed by atoms with E-state index in [4.69, 9.17) is 9.47 Å². The molecule has 1 aliphatic carbocycles. The van der Waals surface area contributed by atoms with Crippen molar-refractivity contribution in [1.82, 2.24) is 0 Å². The lowest BCUT2D eigenvalue weighted by Gasteiger charge is -2.19. The third-order valence-corrected chi connectivity index (χ3v) is 3.18. The van der Waals surface area contributed by atoms with E-state index in [9.17, 15) is 0 Å². The fourth-order valence-corrected chi connectivity index (χ4v) is 1.95. The molecule has 1 fully saturated rings. The van der Waals surface area contributed by atoms with Gasteiger partial charge in [0.25, 0.3) is 0 Å². The summed E-state index contributed by atoms with van der Waals surface area (Å²) in [7, 11) is 0. The quantitative estimate of drug-likeness (QED) is 0.646. The predicted molar refractivity (Wildman–Crippen MR) is 63.1 cm³/mol. The molecule has 0 spiro atoms. The van der Waals surface area contributed by atoms with Gasteiger partial charge in [-0.15, -0.1) is 0 Å². The molecule has 2 heteroatoms. The Hall–Kier alpha value is -0.0800. The second-order valence-electron chi connectivity index (χ2n) is 4.90. The van der Waals surface area contributed by atoms with Gasteiger partial charge < -0.3 is 9.47 Å². The smallest absolute Gasteiger partial charge is 0.0784 e. The molecule has 0 bridgehead atoms. The Labute approximate surface area is 94.3 Å². The Morgan fingerprint density at radius 2 is 1.80 bits per heavy atom. The van der Waals surface area contributed by atoms with Gasteiger partial charge in [-0.05, 0) is 25.7 Å². The minimum absolute atomic E-state index is 0.261. The monoisotopic (exact) mass is 214 g/mol. The van der Waals surface area contributed by atoms with Crippen LogP contribution in [-0.2, 0) is 9.47 Å². The lowest BCUT2D eigenvalue weighted by atomic mass is 10.1. The summed E-state index contributed by atoms with van der Waals surface area (Å²) in [5.41, 5.74) is 0. The maximum absolute atomic E-state index is 5.90. The van der Waals surface area contributed by atoms with Crippen LogP contribution >= 0.6 is 0 Å². The maximum atomic E-state index is 5.90. The summed E-state index contributed by atoms with van der Waals surface area (Å²) >= 11 is 0. The number of hydrogen-bond donors (Lipinski definition) is 0. The Bertz CT molecular complexity index is 153. The van der Waals surface area contributed by atoms with Gasteiger partial charge in [0.1, 0.15) is 0 Å². The number of rotatable bonds is 7. The summed E-state index contributed by atoms with van der Waals surface area (Å²) in [6.07, 6.45) is 7.13. The minimum atomic E-state index is 0.261. The zero-order chi connectivity index (χ0) is 11.1. The van der Waals surface area contributed by atoms with Gasteiger partial charge in [0, 0.05) is 6.61 Å². The van der Waals surface area contributed by atoms with Gasteiger partial charge in [-0.2, -0.15) is 0 Å². The molecule has 0 heterocycles. The van der Waals surface area contributed by atoms with Crippen LogP contribution in [0, 0.1) is 5.92 Å². The van der Waals surface area contributed by atoms with E-state index in [0.717, 1.165) is 13.2 Å². The minimum Gasteiger partial charge on any atom is -0.378 e. The third kappa shape index (κ3) is 5.53. The molecular formula is C13H26O2. The van der Waals surface area contributed by atoms with Crippen molar-refractivity contribution in [3.8, 4) is 0 Å². The van der Waals surface area contributed by atoms with E-state index < -0.39 is 0 Å². The van der Waals surface area contributed by atoms with Crippen LogP contribution in [0.3, 0.4) is 0 Å². The van der Waals surface area contributed by atoms with Crippen LogP contribution in [0.4, 0.5) is 0 Å². The molecule has 2 nitrogen and oxygen atoms in total. The van der Waals surface area contributed by atoms with Crippen molar-refractivity contribution in [1.29, 1.82) is 0 Å². The largest absolute Gasteiger partial charge is 0.378 e. The Morgan fingerprint density at radius 1 is 1.13 bits per heavy atom. The summed E-state index contributed by atoms with van der Waals surface area (Å²) < 4.78 is 11.5. The van der Waals surface area contributed by atoms with Crippen LogP contribution in [0.2, 0.25) is 0 Å². The van der Waals surface area contributed by atoms with Gasteiger partial charge in [0.05, 0.1) is 18.8 Å². The normalized spacial score (nSPS) is 21.8. The molecular weight excluding hydrogens is 188 g/mol. The molecule has 0 aromatic carbocycles. The van der Waals surface area contributed by atoms with E-state index >= 15 is 0 Å². The van der Waals surface area contributed by atoms with Crippen LogP contribution in [-0.4, -0.2) is 25.4 Å². The van der Waals surface area contributed by atoms with Crippen molar-refractivity contribution in [2.75, 3.05) is 13.2 Å². The molecule has 0 aromatic rings. The first-order valence-corrected chi connectivity index (χ1v) is 6.45. The van der Waals surface area contributed by atoms with Gasteiger partial charge in [0.15, 0.2) is 0 Å². The highest BCUT2D eigenvalue weighted by Crippen LogP contribution is 2.22. The first kappa shape index (κ1) is 13.0. The fraction of sp³-hybridized carbons (Fsp3) is 1.00. The van der Waals surface area contributed by atoms with Gasteiger partial charge in [-0.3, -0.25) is 0 Å². The van der Waals surface area contributed by atoms with Crippen molar-refractivity contribution < 1.29 is 9.47 Å². The molecule has 0 radical (unpaired) electrons. The SMILES string of the molecule is CCC(C)COCC(C)OC1CCCC1. The zero-order valence-corrected chi connectivity index (χ0v) is 10.5. The summed E-state index contributed by atoms with van der Waals surface area (Å²) in [6, 6.07) is 0. The van der Waals surface area contributed by atoms with E-state index in [0.29, 0.717) is 12.0 Å². The molecule has 1 rings (SSSR count).